The van der Waals surface area contributed by atoms with Crippen LogP contribution in [0.1, 0.15) is 31.4 Å². The predicted octanol–water partition coefficient (Wildman–Crippen LogP) is 2.03. The molecule has 0 aliphatic rings. The van der Waals surface area contributed by atoms with Crippen molar-refractivity contribution in [3.63, 3.8) is 0 Å². The van der Waals surface area contributed by atoms with Gasteiger partial charge in [0, 0.05) is 18.2 Å². The normalized spacial score (nSPS) is 12.5. The summed E-state index contributed by atoms with van der Waals surface area (Å²) in [5.74, 6) is -0.0190. The van der Waals surface area contributed by atoms with E-state index in [0.717, 1.165) is 0 Å². The molecule has 4 heteroatoms. The van der Waals surface area contributed by atoms with Crippen LogP contribution in [-0.4, -0.2) is 23.4 Å². The lowest BCUT2D eigenvalue weighted by atomic mass is 10.1. The van der Waals surface area contributed by atoms with Gasteiger partial charge in [-0.2, -0.15) is 0 Å². The Labute approximate surface area is 94.5 Å². The molecule has 0 radical (unpaired) electrons. The Hall–Kier alpha value is -1.13. The molecule has 0 amide bonds. The molecule has 3 nitrogen and oxygen atoms in total. The van der Waals surface area contributed by atoms with Crippen LogP contribution in [0.15, 0.2) is 18.2 Å². The second-order valence-corrected chi connectivity index (χ2v) is 3.64. The first-order valence-electron chi connectivity index (χ1n) is 5.36. The van der Waals surface area contributed by atoms with Crippen LogP contribution < -0.4 is 4.74 Å². The summed E-state index contributed by atoms with van der Waals surface area (Å²) in [5.41, 5.74) is 0.574. The van der Waals surface area contributed by atoms with Crippen LogP contribution in [0.4, 0.5) is 4.39 Å². The summed E-state index contributed by atoms with van der Waals surface area (Å²) >= 11 is 0. The van der Waals surface area contributed by atoms with Crippen LogP contribution in [-0.2, 0) is 0 Å². The number of benzene rings is 1. The van der Waals surface area contributed by atoms with Gasteiger partial charge in [0.25, 0.3) is 0 Å². The van der Waals surface area contributed by atoms with Crippen LogP contribution in [0.2, 0.25) is 0 Å². The second kappa shape index (κ2) is 6.45. The molecule has 16 heavy (non-hydrogen) atoms. The molecule has 90 valence electrons. The van der Waals surface area contributed by atoms with E-state index >= 15 is 0 Å². The lowest BCUT2D eigenvalue weighted by Crippen LogP contribution is -2.03. The fourth-order valence-electron chi connectivity index (χ4n) is 1.37. The minimum absolute atomic E-state index is 0.121. The molecule has 0 aliphatic heterocycles. The van der Waals surface area contributed by atoms with Gasteiger partial charge in [-0.05, 0) is 31.9 Å². The Kier molecular flexibility index (Phi) is 5.22. The van der Waals surface area contributed by atoms with E-state index in [0.29, 0.717) is 30.8 Å². The molecule has 0 saturated carbocycles. The Bertz CT molecular complexity index is 326. The maximum atomic E-state index is 13.0. The average Bonchev–Trinajstić information content (AvgIpc) is 2.24. The van der Waals surface area contributed by atoms with Crippen molar-refractivity contribution in [2.45, 2.75) is 25.9 Å². The van der Waals surface area contributed by atoms with Gasteiger partial charge in [-0.25, -0.2) is 4.39 Å². The van der Waals surface area contributed by atoms with Gasteiger partial charge in [0.1, 0.15) is 11.6 Å². The maximum Gasteiger partial charge on any atom is 0.127 e. The first kappa shape index (κ1) is 12.9. The summed E-state index contributed by atoms with van der Waals surface area (Å²) < 4.78 is 18.4. The molecular formula is C12H17FO3. The number of unbranched alkanes of at least 4 members (excludes halogenated alkanes) is 1. The highest BCUT2D eigenvalue weighted by Crippen LogP contribution is 2.26. The van der Waals surface area contributed by atoms with Gasteiger partial charge in [-0.1, -0.05) is 0 Å². The SMILES string of the molecule is C[C@H](O)c1ccc(F)cc1OCCCCO. The molecule has 0 aromatic heterocycles. The zero-order chi connectivity index (χ0) is 12.0. The van der Waals surface area contributed by atoms with Crippen molar-refractivity contribution in [1.29, 1.82) is 0 Å². The minimum atomic E-state index is -0.687. The highest BCUT2D eigenvalue weighted by atomic mass is 19.1. The molecule has 0 spiro atoms. The molecule has 0 bridgehead atoms. The monoisotopic (exact) mass is 228 g/mol. The number of aliphatic hydroxyl groups is 2. The fraction of sp³-hybridized carbons (Fsp3) is 0.500. The van der Waals surface area contributed by atoms with E-state index in [1.165, 1.54) is 18.2 Å². The predicted molar refractivity (Wildman–Crippen MR) is 58.8 cm³/mol. The number of aliphatic hydroxyl groups excluding tert-OH is 2. The van der Waals surface area contributed by atoms with Crippen LogP contribution in [0.3, 0.4) is 0 Å². The minimum Gasteiger partial charge on any atom is -0.493 e. The van der Waals surface area contributed by atoms with E-state index < -0.39 is 6.10 Å². The third-order valence-corrected chi connectivity index (χ3v) is 2.24. The summed E-state index contributed by atoms with van der Waals surface area (Å²) in [6.07, 6.45) is 0.666. The van der Waals surface area contributed by atoms with Crippen molar-refractivity contribution in [2.24, 2.45) is 0 Å². The van der Waals surface area contributed by atoms with Gasteiger partial charge in [0.05, 0.1) is 12.7 Å². The molecule has 0 fully saturated rings. The average molecular weight is 228 g/mol. The third-order valence-electron chi connectivity index (χ3n) is 2.24. The van der Waals surface area contributed by atoms with Crippen molar-refractivity contribution in [3.8, 4) is 5.75 Å². The fourth-order valence-corrected chi connectivity index (χ4v) is 1.37. The van der Waals surface area contributed by atoms with Crippen molar-refractivity contribution in [1.82, 2.24) is 0 Å². The van der Waals surface area contributed by atoms with E-state index in [2.05, 4.69) is 0 Å². The molecular weight excluding hydrogens is 211 g/mol. The van der Waals surface area contributed by atoms with E-state index in [1.54, 1.807) is 6.92 Å². The van der Waals surface area contributed by atoms with Crippen molar-refractivity contribution in [2.75, 3.05) is 13.2 Å². The third kappa shape index (κ3) is 3.79. The van der Waals surface area contributed by atoms with Crippen LogP contribution >= 0.6 is 0 Å². The van der Waals surface area contributed by atoms with Crippen molar-refractivity contribution in [3.05, 3.63) is 29.6 Å². The lowest BCUT2D eigenvalue weighted by Gasteiger charge is -2.13. The molecule has 2 N–H and O–H groups in total. The number of ether oxygens (including phenoxy) is 1. The van der Waals surface area contributed by atoms with E-state index in [1.807, 2.05) is 0 Å². The van der Waals surface area contributed by atoms with Gasteiger partial charge >= 0.3 is 0 Å². The van der Waals surface area contributed by atoms with Crippen molar-refractivity contribution < 1.29 is 19.3 Å². The molecule has 0 saturated heterocycles. The highest BCUT2D eigenvalue weighted by Gasteiger charge is 2.10. The summed E-state index contributed by atoms with van der Waals surface area (Å²) in [6.45, 7) is 2.13. The Morgan fingerprint density at radius 3 is 2.75 bits per heavy atom. The number of rotatable bonds is 6. The number of halogens is 1. The first-order chi connectivity index (χ1) is 7.65. The van der Waals surface area contributed by atoms with Gasteiger partial charge in [0.15, 0.2) is 0 Å². The summed E-state index contributed by atoms with van der Waals surface area (Å²) in [5, 5.41) is 18.1. The molecule has 0 heterocycles. The summed E-state index contributed by atoms with van der Waals surface area (Å²) in [7, 11) is 0. The summed E-state index contributed by atoms with van der Waals surface area (Å²) in [6, 6.07) is 4.07. The Morgan fingerprint density at radius 1 is 1.38 bits per heavy atom. The molecule has 1 atom stereocenters. The molecule has 1 aromatic rings. The van der Waals surface area contributed by atoms with Gasteiger partial charge in [-0.3, -0.25) is 0 Å². The largest absolute Gasteiger partial charge is 0.493 e. The van der Waals surface area contributed by atoms with E-state index in [-0.39, 0.29) is 12.4 Å². The van der Waals surface area contributed by atoms with Crippen LogP contribution in [0.5, 0.6) is 5.75 Å². The standard InChI is InChI=1S/C12H17FO3/c1-9(15)11-5-4-10(13)8-12(11)16-7-3-2-6-14/h4-5,8-9,14-15H,2-3,6-7H2,1H3/t9-/m0/s1. The summed E-state index contributed by atoms with van der Waals surface area (Å²) in [4.78, 5) is 0. The Balaban J connectivity index is 2.65. The van der Waals surface area contributed by atoms with E-state index in [4.69, 9.17) is 9.84 Å². The lowest BCUT2D eigenvalue weighted by molar-refractivity contribution is 0.189. The molecule has 1 rings (SSSR count). The molecule has 0 aliphatic carbocycles. The Morgan fingerprint density at radius 2 is 2.12 bits per heavy atom. The van der Waals surface area contributed by atoms with E-state index in [9.17, 15) is 9.50 Å². The smallest absolute Gasteiger partial charge is 0.127 e. The zero-order valence-corrected chi connectivity index (χ0v) is 9.32. The van der Waals surface area contributed by atoms with Gasteiger partial charge < -0.3 is 14.9 Å². The zero-order valence-electron chi connectivity index (χ0n) is 9.32. The second-order valence-electron chi connectivity index (χ2n) is 3.64. The van der Waals surface area contributed by atoms with Crippen LogP contribution in [0, 0.1) is 5.82 Å². The van der Waals surface area contributed by atoms with Gasteiger partial charge in [0.2, 0.25) is 0 Å². The topological polar surface area (TPSA) is 49.7 Å². The van der Waals surface area contributed by atoms with Crippen molar-refractivity contribution >= 4 is 0 Å². The maximum absolute atomic E-state index is 13.0. The number of hydrogen-bond donors (Lipinski definition) is 2. The van der Waals surface area contributed by atoms with Gasteiger partial charge in [-0.15, -0.1) is 0 Å². The number of hydrogen-bond acceptors (Lipinski definition) is 3. The quantitative estimate of drug-likeness (QED) is 0.732. The molecule has 1 aromatic carbocycles. The van der Waals surface area contributed by atoms with Crippen LogP contribution in [0.25, 0.3) is 0 Å². The highest BCUT2D eigenvalue weighted by molar-refractivity contribution is 5.35. The first-order valence-corrected chi connectivity index (χ1v) is 5.36. The molecule has 0 unspecified atom stereocenters.